The molecule has 31 heavy (non-hydrogen) atoms. The van der Waals surface area contributed by atoms with Crippen molar-refractivity contribution in [2.75, 3.05) is 6.61 Å². The Balaban J connectivity index is 2.23. The second-order valence-corrected chi connectivity index (χ2v) is 9.87. The lowest BCUT2D eigenvalue weighted by Gasteiger charge is -2.21. The fourth-order valence-electron chi connectivity index (χ4n) is 3.64. The van der Waals surface area contributed by atoms with E-state index in [9.17, 15) is 5.26 Å². The second kappa shape index (κ2) is 9.06. The lowest BCUT2D eigenvalue weighted by Crippen LogP contribution is -2.25. The summed E-state index contributed by atoms with van der Waals surface area (Å²) in [5, 5.41) is 9.20. The van der Waals surface area contributed by atoms with Gasteiger partial charge in [0.25, 0.3) is 0 Å². The van der Waals surface area contributed by atoms with Gasteiger partial charge in [-0.05, 0) is 40.5 Å². The molecule has 0 amide bonds. The minimum Gasteiger partial charge on any atom is -0.474 e. The molecule has 2 aromatic rings. The average molecular weight is 416 g/mol. The molecule has 4 nitrogen and oxygen atoms in total. The van der Waals surface area contributed by atoms with E-state index >= 15 is 0 Å². The van der Waals surface area contributed by atoms with Crippen molar-refractivity contribution in [2.24, 2.45) is 15.4 Å². The first-order valence-electron chi connectivity index (χ1n) is 11.0. The summed E-state index contributed by atoms with van der Waals surface area (Å²) in [4.78, 5) is 10.1. The highest BCUT2D eigenvalue weighted by Crippen LogP contribution is 2.36. The van der Waals surface area contributed by atoms with Crippen LogP contribution in [-0.4, -0.2) is 24.3 Å². The Kier molecular flexibility index (Phi) is 6.65. The van der Waals surface area contributed by atoms with Crippen molar-refractivity contribution in [3.63, 3.8) is 0 Å². The Morgan fingerprint density at radius 3 is 2.06 bits per heavy atom. The fraction of sp³-hybridized carbons (Fsp3) is 0.444. The van der Waals surface area contributed by atoms with Gasteiger partial charge < -0.3 is 4.74 Å². The zero-order valence-corrected chi connectivity index (χ0v) is 19.7. The van der Waals surface area contributed by atoms with Gasteiger partial charge >= 0.3 is 0 Å². The molecule has 1 heterocycles. The molecule has 1 atom stereocenters. The Hall–Kier alpha value is -2.93. The predicted molar refractivity (Wildman–Crippen MR) is 129 cm³/mol. The van der Waals surface area contributed by atoms with Crippen LogP contribution in [0.15, 0.2) is 52.4 Å². The number of nitrogens with zero attached hydrogens (tertiary/aromatic N) is 3. The highest BCUT2D eigenvalue weighted by atomic mass is 16.5. The lowest BCUT2D eigenvalue weighted by molar-refractivity contribution is 0.237. The van der Waals surface area contributed by atoms with E-state index in [1.54, 1.807) is 0 Å². The van der Waals surface area contributed by atoms with E-state index in [-0.39, 0.29) is 11.5 Å². The van der Waals surface area contributed by atoms with Crippen LogP contribution in [0, 0.1) is 16.7 Å². The first-order chi connectivity index (χ1) is 14.6. The van der Waals surface area contributed by atoms with Crippen LogP contribution in [0.5, 0.6) is 0 Å². The van der Waals surface area contributed by atoms with Crippen LogP contribution in [0.2, 0.25) is 0 Å². The van der Waals surface area contributed by atoms with Crippen LogP contribution in [0.25, 0.3) is 0 Å². The van der Waals surface area contributed by atoms with E-state index in [1.807, 2.05) is 24.3 Å². The molecule has 1 aliphatic rings. The van der Waals surface area contributed by atoms with Gasteiger partial charge in [-0.15, -0.1) is 0 Å². The summed E-state index contributed by atoms with van der Waals surface area (Å²) in [6.07, 6.45) is 0. The smallest absolute Gasteiger partial charge is 0.236 e. The third-order valence-corrected chi connectivity index (χ3v) is 5.71. The maximum atomic E-state index is 9.20. The molecule has 0 saturated carbocycles. The van der Waals surface area contributed by atoms with Crippen molar-refractivity contribution >= 4 is 17.3 Å². The monoisotopic (exact) mass is 415 g/mol. The summed E-state index contributed by atoms with van der Waals surface area (Å²) >= 11 is 0. The number of hydrogen-bond donors (Lipinski definition) is 0. The quantitative estimate of drug-likeness (QED) is 0.506. The fourth-order valence-corrected chi connectivity index (χ4v) is 3.64. The van der Waals surface area contributed by atoms with Crippen molar-refractivity contribution in [1.29, 1.82) is 5.26 Å². The molecule has 2 aromatic carbocycles. The minimum absolute atomic E-state index is 0.0104. The summed E-state index contributed by atoms with van der Waals surface area (Å²) in [6.45, 7) is 15.9. The molecule has 0 fully saturated rings. The zero-order valence-electron chi connectivity index (χ0n) is 19.7. The SMILES string of the molecule is CC(C)c1cccc(C(C)C)c1N=C(C1=N[C@@H](C(C)(C)C)CO1)c1ccc(C#N)cc1. The van der Waals surface area contributed by atoms with Crippen LogP contribution in [0.1, 0.15) is 82.6 Å². The molecular formula is C27H33N3O. The van der Waals surface area contributed by atoms with Crippen molar-refractivity contribution in [2.45, 2.75) is 66.3 Å². The number of para-hydroxylation sites is 1. The predicted octanol–water partition coefficient (Wildman–Crippen LogP) is 6.77. The van der Waals surface area contributed by atoms with Crippen LogP contribution in [0.4, 0.5) is 5.69 Å². The van der Waals surface area contributed by atoms with Crippen molar-refractivity contribution in [3.8, 4) is 6.07 Å². The normalized spacial score (nSPS) is 17.0. The molecular weight excluding hydrogens is 382 g/mol. The van der Waals surface area contributed by atoms with E-state index in [2.05, 4.69) is 72.7 Å². The van der Waals surface area contributed by atoms with E-state index in [0.29, 0.717) is 29.9 Å². The number of nitriles is 1. The van der Waals surface area contributed by atoms with Crippen molar-refractivity contribution in [3.05, 3.63) is 64.7 Å². The molecule has 4 heteroatoms. The van der Waals surface area contributed by atoms with Gasteiger partial charge in [0.1, 0.15) is 12.3 Å². The largest absolute Gasteiger partial charge is 0.474 e. The zero-order chi connectivity index (χ0) is 22.8. The highest BCUT2D eigenvalue weighted by molar-refractivity contribution is 6.46. The van der Waals surface area contributed by atoms with Gasteiger partial charge in [0, 0.05) is 5.56 Å². The van der Waals surface area contributed by atoms with Gasteiger partial charge in [-0.1, -0.05) is 78.8 Å². The summed E-state index contributed by atoms with van der Waals surface area (Å²) in [5.41, 5.74) is 5.68. The third-order valence-electron chi connectivity index (χ3n) is 5.71. The summed E-state index contributed by atoms with van der Waals surface area (Å²) < 4.78 is 6.09. The highest BCUT2D eigenvalue weighted by Gasteiger charge is 2.32. The van der Waals surface area contributed by atoms with Gasteiger partial charge in [-0.25, -0.2) is 9.98 Å². The van der Waals surface area contributed by atoms with Crippen LogP contribution in [0.3, 0.4) is 0 Å². The Labute approximate surface area is 186 Å². The molecule has 0 saturated heterocycles. The van der Waals surface area contributed by atoms with E-state index in [4.69, 9.17) is 14.7 Å². The number of benzene rings is 2. The standard InChI is InChI=1S/C27H33N3O/c1-17(2)21-9-8-10-22(18(3)4)25(21)30-24(20-13-11-19(15-28)12-14-20)26-29-23(16-31-26)27(5,6)7/h8-14,17-18,23H,16H2,1-7H3/t23-/m1/s1. The summed E-state index contributed by atoms with van der Waals surface area (Å²) in [5.74, 6) is 1.26. The van der Waals surface area contributed by atoms with Crippen LogP contribution in [-0.2, 0) is 4.74 Å². The third kappa shape index (κ3) is 5.05. The summed E-state index contributed by atoms with van der Waals surface area (Å²) in [7, 11) is 0. The van der Waals surface area contributed by atoms with E-state index in [1.165, 1.54) is 11.1 Å². The van der Waals surface area contributed by atoms with E-state index in [0.717, 1.165) is 17.0 Å². The van der Waals surface area contributed by atoms with Crippen LogP contribution >= 0.6 is 0 Å². The molecule has 1 aliphatic heterocycles. The average Bonchev–Trinajstić information content (AvgIpc) is 3.22. The lowest BCUT2D eigenvalue weighted by atomic mass is 9.88. The molecule has 0 unspecified atom stereocenters. The second-order valence-electron chi connectivity index (χ2n) is 9.87. The molecule has 0 radical (unpaired) electrons. The van der Waals surface area contributed by atoms with Crippen molar-refractivity contribution in [1.82, 2.24) is 0 Å². The van der Waals surface area contributed by atoms with Gasteiger partial charge in [-0.3, -0.25) is 0 Å². The number of aliphatic imine (C=N–C) groups is 2. The Morgan fingerprint density at radius 2 is 1.61 bits per heavy atom. The number of hydrogen-bond acceptors (Lipinski definition) is 4. The molecule has 0 spiro atoms. The molecule has 0 aromatic heterocycles. The van der Waals surface area contributed by atoms with Gasteiger partial charge in [-0.2, -0.15) is 5.26 Å². The van der Waals surface area contributed by atoms with Gasteiger partial charge in [0.15, 0.2) is 0 Å². The first-order valence-corrected chi connectivity index (χ1v) is 11.0. The topological polar surface area (TPSA) is 57.7 Å². The van der Waals surface area contributed by atoms with Crippen molar-refractivity contribution < 1.29 is 4.74 Å². The molecule has 162 valence electrons. The molecule has 0 aliphatic carbocycles. The number of rotatable bonds is 5. The van der Waals surface area contributed by atoms with Gasteiger partial charge in [0.05, 0.1) is 23.4 Å². The van der Waals surface area contributed by atoms with Gasteiger partial charge in [0.2, 0.25) is 5.90 Å². The Bertz CT molecular complexity index is 1010. The molecule has 3 rings (SSSR count). The maximum absolute atomic E-state index is 9.20. The first kappa shape index (κ1) is 22.7. The Morgan fingerprint density at radius 1 is 1.03 bits per heavy atom. The molecule has 0 N–H and O–H groups in total. The van der Waals surface area contributed by atoms with E-state index < -0.39 is 0 Å². The number of ether oxygens (including phenoxy) is 1. The minimum atomic E-state index is 0.0104. The maximum Gasteiger partial charge on any atom is 0.236 e. The molecule has 0 bridgehead atoms. The summed E-state index contributed by atoms with van der Waals surface area (Å²) in [6, 6.07) is 16.2. The van der Waals surface area contributed by atoms with Crippen LogP contribution < -0.4 is 0 Å².